The van der Waals surface area contributed by atoms with Crippen molar-refractivity contribution in [3.05, 3.63) is 0 Å². The first kappa shape index (κ1) is 14.6. The molecule has 0 aromatic heterocycles. The Labute approximate surface area is 107 Å². The Morgan fingerprint density at radius 3 is 2.50 bits per heavy atom. The maximum Gasteiger partial charge on any atom is 0.317 e. The first-order valence-electron chi connectivity index (χ1n) is 6.24. The number of aliphatic carboxylic acids is 1. The molecular weight excluding hydrogens is 236 g/mol. The van der Waals surface area contributed by atoms with Crippen molar-refractivity contribution in [1.29, 1.82) is 0 Å². The van der Waals surface area contributed by atoms with E-state index in [2.05, 4.69) is 0 Å². The van der Waals surface area contributed by atoms with Crippen LogP contribution in [0.25, 0.3) is 0 Å². The largest absolute Gasteiger partial charge is 0.480 e. The summed E-state index contributed by atoms with van der Waals surface area (Å²) in [5.74, 6) is -1.47. The van der Waals surface area contributed by atoms with Crippen molar-refractivity contribution in [3.8, 4) is 0 Å². The van der Waals surface area contributed by atoms with E-state index in [1.165, 1.54) is 4.90 Å². The summed E-state index contributed by atoms with van der Waals surface area (Å²) in [7, 11) is 0. The van der Waals surface area contributed by atoms with Gasteiger partial charge in [-0.25, -0.2) is 0 Å². The van der Waals surface area contributed by atoms with Crippen LogP contribution in [0.15, 0.2) is 0 Å². The normalized spacial score (nSPS) is 21.8. The lowest BCUT2D eigenvalue weighted by Gasteiger charge is -2.30. The van der Waals surface area contributed by atoms with Gasteiger partial charge in [-0.2, -0.15) is 0 Å². The van der Waals surface area contributed by atoms with Gasteiger partial charge >= 0.3 is 5.97 Å². The van der Waals surface area contributed by atoms with Crippen molar-refractivity contribution in [3.63, 3.8) is 0 Å². The van der Waals surface area contributed by atoms with E-state index in [0.29, 0.717) is 6.54 Å². The number of amides is 2. The molecule has 1 rings (SSSR count). The van der Waals surface area contributed by atoms with Gasteiger partial charge in [0.25, 0.3) is 0 Å². The molecule has 0 aromatic rings. The quantitative estimate of drug-likeness (QED) is 0.692. The van der Waals surface area contributed by atoms with Gasteiger partial charge in [-0.3, -0.25) is 24.2 Å². The first-order chi connectivity index (χ1) is 8.42. The molecule has 0 aliphatic carbocycles. The van der Waals surface area contributed by atoms with Gasteiger partial charge in [0.1, 0.15) is 0 Å². The average molecular weight is 256 g/mol. The number of hydrogen-bond donors (Lipinski definition) is 1. The van der Waals surface area contributed by atoms with Gasteiger partial charge in [-0.05, 0) is 20.3 Å². The third kappa shape index (κ3) is 2.87. The van der Waals surface area contributed by atoms with Crippen molar-refractivity contribution < 1.29 is 19.5 Å². The molecule has 0 radical (unpaired) electrons. The van der Waals surface area contributed by atoms with Crippen LogP contribution in [0.1, 0.15) is 33.6 Å². The molecule has 1 N–H and O–H groups in total. The van der Waals surface area contributed by atoms with Crippen molar-refractivity contribution in [1.82, 2.24) is 9.80 Å². The van der Waals surface area contributed by atoms with E-state index in [9.17, 15) is 14.4 Å². The number of likely N-dealkylation sites (tertiary alicyclic amines) is 1. The number of carboxylic acids is 1. The van der Waals surface area contributed by atoms with Crippen LogP contribution < -0.4 is 0 Å². The lowest BCUT2D eigenvalue weighted by atomic mass is 10.1. The van der Waals surface area contributed by atoms with Crippen LogP contribution >= 0.6 is 0 Å². The van der Waals surface area contributed by atoms with Crippen molar-refractivity contribution in [2.24, 2.45) is 0 Å². The van der Waals surface area contributed by atoms with Crippen LogP contribution in [0, 0.1) is 0 Å². The Bertz CT molecular complexity index is 356. The molecule has 1 heterocycles. The minimum absolute atomic E-state index is 0.0420. The molecule has 102 valence electrons. The molecule has 0 saturated carbocycles. The zero-order chi connectivity index (χ0) is 13.9. The van der Waals surface area contributed by atoms with Crippen molar-refractivity contribution >= 4 is 17.8 Å². The van der Waals surface area contributed by atoms with Gasteiger partial charge in [0.2, 0.25) is 11.8 Å². The van der Waals surface area contributed by atoms with Crippen LogP contribution in [0.4, 0.5) is 0 Å². The fourth-order valence-corrected chi connectivity index (χ4v) is 2.22. The van der Waals surface area contributed by atoms with E-state index in [4.69, 9.17) is 5.11 Å². The number of hydrogen-bond acceptors (Lipinski definition) is 4. The molecule has 0 bridgehead atoms. The van der Waals surface area contributed by atoms with Crippen LogP contribution in [0.3, 0.4) is 0 Å². The van der Waals surface area contributed by atoms with E-state index >= 15 is 0 Å². The molecule has 18 heavy (non-hydrogen) atoms. The Morgan fingerprint density at radius 1 is 1.50 bits per heavy atom. The first-order valence-corrected chi connectivity index (χ1v) is 6.24. The highest BCUT2D eigenvalue weighted by atomic mass is 16.4. The number of nitrogens with zero attached hydrogens (tertiary/aromatic N) is 2. The predicted molar refractivity (Wildman–Crippen MR) is 64.9 cm³/mol. The summed E-state index contributed by atoms with van der Waals surface area (Å²) >= 11 is 0. The fourth-order valence-electron chi connectivity index (χ4n) is 2.22. The molecule has 6 heteroatoms. The van der Waals surface area contributed by atoms with Gasteiger partial charge < -0.3 is 5.11 Å². The minimum atomic E-state index is -0.981. The molecule has 0 aromatic carbocycles. The molecule has 1 fully saturated rings. The number of rotatable bonds is 6. The van der Waals surface area contributed by atoms with Crippen molar-refractivity contribution in [2.45, 2.75) is 45.7 Å². The SMILES string of the molecule is CCC(C)N(CC(=O)O)C1CC(=O)N(CC)C1=O. The lowest BCUT2D eigenvalue weighted by Crippen LogP contribution is -2.48. The summed E-state index contributed by atoms with van der Waals surface area (Å²) in [5.41, 5.74) is 0. The van der Waals surface area contributed by atoms with Gasteiger partial charge in [0.05, 0.1) is 19.0 Å². The summed E-state index contributed by atoms with van der Waals surface area (Å²) in [6.45, 7) is 5.67. The highest BCUT2D eigenvalue weighted by molar-refractivity contribution is 6.05. The van der Waals surface area contributed by atoms with Gasteiger partial charge in [0, 0.05) is 12.6 Å². The number of carboxylic acid groups (broad SMARTS) is 1. The third-order valence-electron chi connectivity index (χ3n) is 3.41. The van der Waals surface area contributed by atoms with Gasteiger partial charge in [-0.1, -0.05) is 6.92 Å². The Balaban J connectivity index is 2.90. The smallest absolute Gasteiger partial charge is 0.317 e. The highest BCUT2D eigenvalue weighted by Gasteiger charge is 2.42. The molecule has 1 aliphatic rings. The van der Waals surface area contributed by atoms with Crippen LogP contribution in [0.2, 0.25) is 0 Å². The standard InChI is InChI=1S/C12H20N2O4/c1-4-8(3)14(7-11(16)17)9-6-10(15)13(5-2)12(9)18/h8-9H,4-7H2,1-3H3,(H,16,17). The maximum atomic E-state index is 12.1. The Hall–Kier alpha value is -1.43. The average Bonchev–Trinajstić information content (AvgIpc) is 2.60. The molecule has 6 nitrogen and oxygen atoms in total. The summed E-state index contributed by atoms with van der Waals surface area (Å²) in [5, 5.41) is 8.91. The molecule has 2 amide bonds. The number of carbonyl (C=O) groups is 3. The third-order valence-corrected chi connectivity index (χ3v) is 3.41. The molecular formula is C12H20N2O4. The minimum Gasteiger partial charge on any atom is -0.480 e. The fraction of sp³-hybridized carbons (Fsp3) is 0.750. The zero-order valence-electron chi connectivity index (χ0n) is 11.0. The van der Waals surface area contributed by atoms with E-state index in [-0.39, 0.29) is 30.8 Å². The van der Waals surface area contributed by atoms with Crippen molar-refractivity contribution in [2.75, 3.05) is 13.1 Å². The van der Waals surface area contributed by atoms with E-state index in [0.717, 1.165) is 6.42 Å². The monoisotopic (exact) mass is 256 g/mol. The second kappa shape index (κ2) is 5.95. The summed E-state index contributed by atoms with van der Waals surface area (Å²) in [6.07, 6.45) is 0.821. The molecule has 0 spiro atoms. The molecule has 2 atom stereocenters. The number of likely N-dealkylation sites (N-methyl/N-ethyl adjacent to an activating group) is 1. The predicted octanol–water partition coefficient (Wildman–Crippen LogP) is 0.319. The number of imide groups is 1. The highest BCUT2D eigenvalue weighted by Crippen LogP contribution is 2.21. The summed E-state index contributed by atoms with van der Waals surface area (Å²) in [4.78, 5) is 37.4. The van der Waals surface area contributed by atoms with Crippen LogP contribution in [-0.2, 0) is 14.4 Å². The van der Waals surface area contributed by atoms with E-state index < -0.39 is 12.0 Å². The van der Waals surface area contributed by atoms with Gasteiger partial charge in [0.15, 0.2) is 0 Å². The Morgan fingerprint density at radius 2 is 2.11 bits per heavy atom. The summed E-state index contributed by atoms with van der Waals surface area (Å²) < 4.78 is 0. The maximum absolute atomic E-state index is 12.1. The van der Waals surface area contributed by atoms with Crippen LogP contribution in [0.5, 0.6) is 0 Å². The van der Waals surface area contributed by atoms with Gasteiger partial charge in [-0.15, -0.1) is 0 Å². The second-order valence-electron chi connectivity index (χ2n) is 4.52. The Kier molecular flexibility index (Phi) is 4.84. The zero-order valence-corrected chi connectivity index (χ0v) is 11.0. The topological polar surface area (TPSA) is 77.9 Å². The second-order valence-corrected chi connectivity index (χ2v) is 4.52. The van der Waals surface area contributed by atoms with Crippen LogP contribution in [-0.4, -0.2) is 57.9 Å². The molecule has 1 aliphatic heterocycles. The number of carbonyl (C=O) groups excluding carboxylic acids is 2. The summed E-state index contributed by atoms with van der Waals surface area (Å²) in [6, 6.07) is -0.664. The molecule has 1 saturated heterocycles. The van der Waals surface area contributed by atoms with E-state index in [1.54, 1.807) is 11.8 Å². The van der Waals surface area contributed by atoms with E-state index in [1.807, 2.05) is 13.8 Å². The lowest BCUT2D eigenvalue weighted by molar-refractivity contribution is -0.142. The molecule has 2 unspecified atom stereocenters.